The Kier molecular flexibility index (Phi) is 5.98. The van der Waals surface area contributed by atoms with Crippen molar-refractivity contribution in [1.82, 2.24) is 15.3 Å². The van der Waals surface area contributed by atoms with E-state index in [-0.39, 0.29) is 29.5 Å². The number of nitrogens with zero attached hydrogens (tertiary/aromatic N) is 2. The van der Waals surface area contributed by atoms with Crippen LogP contribution in [0.2, 0.25) is 10.0 Å². The molecular weight excluding hydrogens is 451 g/mol. The van der Waals surface area contributed by atoms with Crippen molar-refractivity contribution in [2.75, 3.05) is 31.7 Å². The number of aryl methyl sites for hydroxylation is 1. The van der Waals surface area contributed by atoms with Gasteiger partial charge in [-0.05, 0) is 13.8 Å². The lowest BCUT2D eigenvalue weighted by Crippen LogP contribution is -2.34. The second-order valence-corrected chi connectivity index (χ2v) is 9.14. The van der Waals surface area contributed by atoms with Crippen LogP contribution in [0.4, 0.5) is 5.13 Å². The van der Waals surface area contributed by atoms with E-state index >= 15 is 0 Å². The first-order valence-corrected chi connectivity index (χ1v) is 11.2. The smallest absolute Gasteiger partial charge is 0.350 e. The van der Waals surface area contributed by atoms with Gasteiger partial charge in [0.2, 0.25) is 0 Å². The van der Waals surface area contributed by atoms with E-state index in [0.29, 0.717) is 45.4 Å². The van der Waals surface area contributed by atoms with E-state index in [0.717, 1.165) is 18.2 Å². The molecule has 3 atom stereocenters. The molecule has 162 valence electrons. The number of fused-ring (bicyclic) bond motifs is 1. The number of hydrogen-bond acceptors (Lipinski definition) is 7. The number of halogens is 2. The summed E-state index contributed by atoms with van der Waals surface area (Å²) in [5.41, 5.74) is 1.56. The number of rotatable bonds is 7. The molecule has 1 aliphatic heterocycles. The van der Waals surface area contributed by atoms with Gasteiger partial charge in [-0.25, -0.2) is 9.78 Å². The lowest BCUT2D eigenvalue weighted by atomic mass is 10.3. The molecule has 2 aromatic rings. The third-order valence-electron chi connectivity index (χ3n) is 5.47. The van der Waals surface area contributed by atoms with Crippen molar-refractivity contribution in [2.45, 2.75) is 26.5 Å². The fraction of sp³-hybridized carbons (Fsp3) is 0.526. The molecule has 0 unspecified atom stereocenters. The first kappa shape index (κ1) is 21.4. The molecule has 3 heterocycles. The number of hydrogen-bond donors (Lipinski definition) is 2. The molecular formula is C19H22Cl2N4O4S. The third kappa shape index (κ3) is 3.79. The van der Waals surface area contributed by atoms with Crippen LogP contribution >= 0.6 is 34.5 Å². The van der Waals surface area contributed by atoms with E-state index in [1.807, 2.05) is 0 Å². The van der Waals surface area contributed by atoms with Crippen LogP contribution in [-0.4, -0.2) is 54.7 Å². The molecule has 30 heavy (non-hydrogen) atoms. The van der Waals surface area contributed by atoms with Gasteiger partial charge in [-0.1, -0.05) is 34.5 Å². The first-order valence-electron chi connectivity index (χ1n) is 9.60. The number of H-pyrrole nitrogens is 1. The van der Waals surface area contributed by atoms with Crippen molar-refractivity contribution in [1.29, 1.82) is 0 Å². The Bertz CT molecular complexity index is 980. The summed E-state index contributed by atoms with van der Waals surface area (Å²) in [5, 5.41) is 4.44. The van der Waals surface area contributed by atoms with Gasteiger partial charge in [0.05, 0.1) is 29.0 Å². The highest BCUT2D eigenvalue weighted by Gasteiger charge is 2.57. The minimum atomic E-state index is -0.375. The minimum absolute atomic E-state index is 0.0927. The van der Waals surface area contributed by atoms with E-state index in [1.54, 1.807) is 21.0 Å². The molecule has 4 rings (SSSR count). The second-order valence-electron chi connectivity index (χ2n) is 7.41. The third-order valence-corrected chi connectivity index (χ3v) is 7.56. The van der Waals surface area contributed by atoms with Crippen LogP contribution in [0, 0.1) is 18.8 Å². The van der Waals surface area contributed by atoms with Crippen molar-refractivity contribution in [3.63, 3.8) is 0 Å². The Hall–Kier alpha value is -1.81. The van der Waals surface area contributed by atoms with Gasteiger partial charge in [0.15, 0.2) is 5.13 Å². The normalized spacial score (nSPS) is 22.2. The van der Waals surface area contributed by atoms with E-state index in [9.17, 15) is 9.59 Å². The lowest BCUT2D eigenvalue weighted by Gasteiger charge is -2.19. The summed E-state index contributed by atoms with van der Waals surface area (Å²) in [7, 11) is 1.57. The number of aromatic nitrogens is 2. The van der Waals surface area contributed by atoms with Gasteiger partial charge in [0.1, 0.15) is 10.6 Å². The Labute approximate surface area is 187 Å². The molecule has 0 bridgehead atoms. The Morgan fingerprint density at radius 2 is 2.00 bits per heavy atom. The van der Waals surface area contributed by atoms with E-state index in [2.05, 4.69) is 20.2 Å². The van der Waals surface area contributed by atoms with Crippen LogP contribution in [0.3, 0.4) is 0 Å². The average molecular weight is 473 g/mol. The molecule has 8 nitrogen and oxygen atoms in total. The number of piperidine rings is 1. The van der Waals surface area contributed by atoms with E-state index in [4.69, 9.17) is 32.7 Å². The molecule has 0 aromatic carbocycles. The lowest BCUT2D eigenvalue weighted by molar-refractivity contribution is 0.0527. The van der Waals surface area contributed by atoms with Gasteiger partial charge in [-0.15, -0.1) is 0 Å². The number of methoxy groups -OCH3 is 1. The Morgan fingerprint density at radius 3 is 2.57 bits per heavy atom. The highest BCUT2D eigenvalue weighted by atomic mass is 35.5. The van der Waals surface area contributed by atoms with Gasteiger partial charge >= 0.3 is 5.97 Å². The molecule has 1 amide bonds. The van der Waals surface area contributed by atoms with E-state index in [1.165, 1.54) is 11.3 Å². The molecule has 11 heteroatoms. The number of carbonyl (C=O) groups excluding carboxylic acids is 2. The number of amides is 1. The van der Waals surface area contributed by atoms with Crippen molar-refractivity contribution in [3.05, 3.63) is 32.0 Å². The Balaban J connectivity index is 1.39. The summed E-state index contributed by atoms with van der Waals surface area (Å²) in [6.07, 6.45) is 0. The first-order chi connectivity index (χ1) is 14.3. The number of ether oxygens (including phenoxy) is 2. The van der Waals surface area contributed by atoms with Crippen LogP contribution in [-0.2, 0) is 16.1 Å². The fourth-order valence-corrected chi connectivity index (χ4v) is 5.31. The van der Waals surface area contributed by atoms with Gasteiger partial charge in [-0.2, -0.15) is 0 Å². The van der Waals surface area contributed by atoms with Gasteiger partial charge in [-0.3, -0.25) is 4.79 Å². The zero-order chi connectivity index (χ0) is 21.6. The molecule has 0 spiro atoms. The monoisotopic (exact) mass is 472 g/mol. The maximum atomic E-state index is 12.5. The van der Waals surface area contributed by atoms with Gasteiger partial charge in [0, 0.05) is 43.8 Å². The molecule has 1 saturated heterocycles. The predicted octanol–water partition coefficient (Wildman–Crippen LogP) is 3.27. The summed E-state index contributed by atoms with van der Waals surface area (Å²) in [5.74, 6) is 0.0434. The maximum absolute atomic E-state index is 12.5. The number of nitrogens with one attached hydrogen (secondary N) is 2. The topological polar surface area (TPSA) is 96.6 Å². The average Bonchev–Trinajstić information content (AvgIpc) is 3.09. The SMILES string of the molecule is CCOC(=O)c1sc(N2C[C@@H]3[C@H](C2)[C@@H]3NC(=O)c2[nH]c(C)c(Cl)c2Cl)nc1COC. The van der Waals surface area contributed by atoms with Crippen LogP contribution < -0.4 is 10.2 Å². The van der Waals surface area contributed by atoms with Gasteiger partial charge in [0.25, 0.3) is 5.91 Å². The fourth-order valence-electron chi connectivity index (χ4n) is 3.91. The van der Waals surface area contributed by atoms with Gasteiger partial charge < -0.3 is 24.7 Å². The zero-order valence-electron chi connectivity index (χ0n) is 16.8. The van der Waals surface area contributed by atoms with Crippen molar-refractivity contribution in [3.8, 4) is 0 Å². The highest BCUT2D eigenvalue weighted by Crippen LogP contribution is 2.48. The number of carbonyl (C=O) groups is 2. The molecule has 2 aliphatic rings. The summed E-state index contributed by atoms with van der Waals surface area (Å²) >= 11 is 13.5. The summed E-state index contributed by atoms with van der Waals surface area (Å²) in [4.78, 5) is 34.9. The molecule has 1 aliphatic carbocycles. The zero-order valence-corrected chi connectivity index (χ0v) is 19.1. The van der Waals surface area contributed by atoms with Crippen molar-refractivity contribution >= 4 is 51.5 Å². The Morgan fingerprint density at radius 1 is 1.30 bits per heavy atom. The number of esters is 1. The second kappa shape index (κ2) is 8.37. The molecule has 2 fully saturated rings. The quantitative estimate of drug-likeness (QED) is 0.600. The number of thiazole rings is 1. The van der Waals surface area contributed by atoms with Crippen molar-refractivity contribution in [2.24, 2.45) is 11.8 Å². The molecule has 2 aromatic heterocycles. The molecule has 2 N–H and O–H groups in total. The van der Waals surface area contributed by atoms with Crippen LogP contribution in [0.5, 0.6) is 0 Å². The maximum Gasteiger partial charge on any atom is 0.350 e. The summed E-state index contributed by atoms with van der Waals surface area (Å²) in [6.45, 7) is 5.62. The van der Waals surface area contributed by atoms with Crippen LogP contribution in [0.1, 0.15) is 38.5 Å². The molecule has 0 radical (unpaired) electrons. The van der Waals surface area contributed by atoms with Crippen LogP contribution in [0.25, 0.3) is 0 Å². The largest absolute Gasteiger partial charge is 0.462 e. The summed E-state index contributed by atoms with van der Waals surface area (Å²) in [6, 6.07) is 0.0927. The minimum Gasteiger partial charge on any atom is -0.462 e. The highest BCUT2D eigenvalue weighted by molar-refractivity contribution is 7.17. The number of aromatic amines is 1. The summed E-state index contributed by atoms with van der Waals surface area (Å²) < 4.78 is 10.3. The van der Waals surface area contributed by atoms with Crippen LogP contribution in [0.15, 0.2) is 0 Å². The molecule has 1 saturated carbocycles. The van der Waals surface area contributed by atoms with Crippen molar-refractivity contribution < 1.29 is 19.1 Å². The predicted molar refractivity (Wildman–Crippen MR) is 115 cm³/mol. The van der Waals surface area contributed by atoms with E-state index < -0.39 is 0 Å². The standard InChI is InChI=1S/C19H22Cl2N4O4S/c1-4-29-18(27)16-11(7-28-3)23-19(30-16)25-5-9-10(6-25)14(9)24-17(26)15-13(21)12(20)8(2)22-15/h9-10,14,22H,4-7H2,1-3H3,(H,24,26)/t9-,10+,14-. The number of anilines is 1.